The summed E-state index contributed by atoms with van der Waals surface area (Å²) < 4.78 is 28.6. The molecule has 2 aromatic rings. The Hall–Kier alpha value is -1.83. The molecule has 1 amide bonds. The summed E-state index contributed by atoms with van der Waals surface area (Å²) >= 11 is 1.45. The number of sulfonamides is 1. The minimum atomic E-state index is -3.73. The summed E-state index contributed by atoms with van der Waals surface area (Å²) in [6.07, 6.45) is 2.51. The average molecular weight is 407 g/mol. The third-order valence-corrected chi connectivity index (χ3v) is 6.44. The van der Waals surface area contributed by atoms with Crippen LogP contribution in [-0.2, 0) is 14.8 Å². The van der Waals surface area contributed by atoms with Gasteiger partial charge in [0.25, 0.3) is 0 Å². The van der Waals surface area contributed by atoms with E-state index in [4.69, 9.17) is 0 Å². The van der Waals surface area contributed by atoms with E-state index >= 15 is 0 Å². The van der Waals surface area contributed by atoms with Crippen molar-refractivity contribution in [1.82, 2.24) is 4.72 Å². The number of carbonyl (C=O) groups excluding carboxylic acids is 1. The molecular weight excluding hydrogens is 380 g/mol. The number of hydrogen-bond donors (Lipinski definition) is 2. The van der Waals surface area contributed by atoms with Crippen LogP contribution in [0.1, 0.15) is 38.8 Å². The number of rotatable bonds is 8. The van der Waals surface area contributed by atoms with E-state index in [0.717, 1.165) is 10.5 Å². The number of amides is 1. The second-order valence-electron chi connectivity index (χ2n) is 6.50. The van der Waals surface area contributed by atoms with Gasteiger partial charge in [0, 0.05) is 16.9 Å². The lowest BCUT2D eigenvalue weighted by Crippen LogP contribution is -2.28. The maximum absolute atomic E-state index is 12.9. The van der Waals surface area contributed by atoms with Gasteiger partial charge in [0.15, 0.2) is 0 Å². The lowest BCUT2D eigenvalue weighted by molar-refractivity contribution is -0.118. The summed E-state index contributed by atoms with van der Waals surface area (Å²) in [6.45, 7) is 5.52. The van der Waals surface area contributed by atoms with Crippen LogP contribution in [0.15, 0.2) is 58.3 Å². The van der Waals surface area contributed by atoms with Crippen molar-refractivity contribution in [2.75, 3.05) is 11.6 Å². The highest BCUT2D eigenvalue weighted by Gasteiger charge is 2.22. The van der Waals surface area contributed by atoms with Gasteiger partial charge in [0.2, 0.25) is 15.9 Å². The van der Waals surface area contributed by atoms with Crippen molar-refractivity contribution < 1.29 is 13.2 Å². The Morgan fingerprint density at radius 2 is 1.78 bits per heavy atom. The van der Waals surface area contributed by atoms with Crippen LogP contribution < -0.4 is 10.0 Å². The van der Waals surface area contributed by atoms with Crippen LogP contribution in [0.5, 0.6) is 0 Å². The summed E-state index contributed by atoms with van der Waals surface area (Å²) in [5, 5.41) is 2.82. The van der Waals surface area contributed by atoms with Gasteiger partial charge in [-0.15, -0.1) is 11.8 Å². The fourth-order valence-corrected chi connectivity index (χ4v) is 4.42. The Bertz CT molecular complexity index is 881. The summed E-state index contributed by atoms with van der Waals surface area (Å²) in [5.41, 5.74) is 1.43. The molecule has 146 valence electrons. The van der Waals surface area contributed by atoms with Crippen molar-refractivity contribution in [3.05, 3.63) is 54.1 Å². The van der Waals surface area contributed by atoms with Crippen LogP contribution in [0.4, 0.5) is 5.69 Å². The highest BCUT2D eigenvalue weighted by Crippen LogP contribution is 2.29. The smallest absolute Gasteiger partial charge is 0.241 e. The van der Waals surface area contributed by atoms with E-state index in [9.17, 15) is 13.2 Å². The highest BCUT2D eigenvalue weighted by molar-refractivity contribution is 7.98. The van der Waals surface area contributed by atoms with Crippen molar-refractivity contribution >= 4 is 33.4 Å². The van der Waals surface area contributed by atoms with E-state index < -0.39 is 10.0 Å². The van der Waals surface area contributed by atoms with Gasteiger partial charge in [-0.2, -0.15) is 0 Å². The molecule has 27 heavy (non-hydrogen) atoms. The molecule has 2 N–H and O–H groups in total. The second kappa shape index (κ2) is 9.39. The first-order chi connectivity index (χ1) is 12.8. The molecule has 0 saturated heterocycles. The van der Waals surface area contributed by atoms with Gasteiger partial charge < -0.3 is 5.32 Å². The van der Waals surface area contributed by atoms with Crippen molar-refractivity contribution in [1.29, 1.82) is 0 Å². The lowest BCUT2D eigenvalue weighted by Gasteiger charge is -2.19. The van der Waals surface area contributed by atoms with Crippen molar-refractivity contribution in [3.63, 3.8) is 0 Å². The molecular formula is C20H26N2O3S2. The molecule has 0 spiro atoms. The zero-order valence-corrected chi connectivity index (χ0v) is 17.7. The molecule has 1 atom stereocenters. The van der Waals surface area contributed by atoms with Gasteiger partial charge in [-0.05, 0) is 36.4 Å². The van der Waals surface area contributed by atoms with Crippen LogP contribution >= 0.6 is 11.8 Å². The Morgan fingerprint density at radius 1 is 1.11 bits per heavy atom. The first-order valence-corrected chi connectivity index (χ1v) is 11.6. The number of nitrogens with one attached hydrogen (secondary N) is 2. The molecule has 2 rings (SSSR count). The van der Waals surface area contributed by atoms with Gasteiger partial charge in [-0.25, -0.2) is 13.1 Å². The van der Waals surface area contributed by atoms with E-state index in [2.05, 4.69) is 10.0 Å². The van der Waals surface area contributed by atoms with E-state index in [1.54, 1.807) is 26.0 Å². The second-order valence-corrected chi connectivity index (χ2v) is 9.06. The zero-order chi connectivity index (χ0) is 20.0. The maximum atomic E-state index is 12.9. The van der Waals surface area contributed by atoms with Crippen LogP contribution in [0.3, 0.4) is 0 Å². The summed E-state index contributed by atoms with van der Waals surface area (Å²) in [6, 6.07) is 14.0. The van der Waals surface area contributed by atoms with Crippen molar-refractivity contribution in [2.24, 2.45) is 5.92 Å². The summed E-state index contributed by atoms with van der Waals surface area (Å²) in [4.78, 5) is 13.0. The predicted octanol–water partition coefficient (Wildman–Crippen LogP) is 4.43. The molecule has 0 aromatic heterocycles. The number of benzene rings is 2. The molecule has 5 nitrogen and oxygen atoms in total. The van der Waals surface area contributed by atoms with Crippen molar-refractivity contribution in [2.45, 2.75) is 43.0 Å². The summed E-state index contributed by atoms with van der Waals surface area (Å²) in [7, 11) is -3.73. The van der Waals surface area contributed by atoms with E-state index in [1.165, 1.54) is 17.8 Å². The minimum absolute atomic E-state index is 0.133. The molecule has 7 heteroatoms. The average Bonchev–Trinajstić information content (AvgIpc) is 2.66. The van der Waals surface area contributed by atoms with Gasteiger partial charge in [-0.3, -0.25) is 4.79 Å². The molecule has 0 fully saturated rings. The molecule has 0 aliphatic rings. The zero-order valence-electron chi connectivity index (χ0n) is 16.0. The molecule has 0 aliphatic heterocycles. The monoisotopic (exact) mass is 406 g/mol. The highest BCUT2D eigenvalue weighted by atomic mass is 32.2. The molecule has 2 aromatic carbocycles. The van der Waals surface area contributed by atoms with Crippen LogP contribution in [0.2, 0.25) is 0 Å². The Balaban J connectivity index is 2.33. The van der Waals surface area contributed by atoms with Gasteiger partial charge in [0.1, 0.15) is 0 Å². The Morgan fingerprint density at radius 3 is 2.33 bits per heavy atom. The number of thioether (sulfide) groups is 1. The van der Waals surface area contributed by atoms with Crippen LogP contribution in [0, 0.1) is 5.92 Å². The summed E-state index contributed by atoms with van der Waals surface area (Å²) in [5.74, 6) is -0.343. The third-order valence-electron chi connectivity index (χ3n) is 4.17. The molecule has 0 unspecified atom stereocenters. The predicted molar refractivity (Wildman–Crippen MR) is 111 cm³/mol. The van der Waals surface area contributed by atoms with Crippen LogP contribution in [0.25, 0.3) is 0 Å². The molecule has 0 aliphatic carbocycles. The topological polar surface area (TPSA) is 75.3 Å². The molecule has 0 heterocycles. The number of hydrogen-bond acceptors (Lipinski definition) is 4. The quantitative estimate of drug-likeness (QED) is 0.636. The minimum Gasteiger partial charge on any atom is -0.325 e. The molecule has 0 saturated carbocycles. The molecule has 0 bridgehead atoms. The normalized spacial score (nSPS) is 12.8. The van der Waals surface area contributed by atoms with Crippen LogP contribution in [-0.4, -0.2) is 20.6 Å². The fourth-order valence-electron chi connectivity index (χ4n) is 2.56. The fraction of sp³-hybridized carbons (Fsp3) is 0.350. The first-order valence-electron chi connectivity index (χ1n) is 8.84. The standard InChI is InChI=1S/C20H26N2O3S2/c1-5-17(15-9-7-6-8-10-15)22-27(24,25)16-11-12-19(26-4)18(13-16)21-20(23)14(2)3/h6-14,17,22H,5H2,1-4H3,(H,21,23)/t17-/m0/s1. The van der Waals surface area contributed by atoms with E-state index in [-0.39, 0.29) is 22.8 Å². The van der Waals surface area contributed by atoms with E-state index in [1.807, 2.05) is 43.5 Å². The number of carbonyl (C=O) groups is 1. The maximum Gasteiger partial charge on any atom is 0.241 e. The van der Waals surface area contributed by atoms with Crippen molar-refractivity contribution in [3.8, 4) is 0 Å². The van der Waals surface area contributed by atoms with Gasteiger partial charge in [-0.1, -0.05) is 51.1 Å². The SMILES string of the molecule is CC[C@H](NS(=O)(=O)c1ccc(SC)c(NC(=O)C(C)C)c1)c1ccccc1. The largest absolute Gasteiger partial charge is 0.325 e. The van der Waals surface area contributed by atoms with Gasteiger partial charge in [0.05, 0.1) is 10.6 Å². The third kappa shape index (κ3) is 5.57. The Labute approximate surface area is 166 Å². The number of anilines is 1. The van der Waals surface area contributed by atoms with Gasteiger partial charge >= 0.3 is 0 Å². The van der Waals surface area contributed by atoms with E-state index in [0.29, 0.717) is 12.1 Å². The molecule has 0 radical (unpaired) electrons. The Kier molecular flexibility index (Phi) is 7.47. The lowest BCUT2D eigenvalue weighted by atomic mass is 10.1. The first kappa shape index (κ1) is 21.5.